The molecule has 3 N–H and O–H groups in total. The number of ether oxygens (including phenoxy) is 1. The fraction of sp³-hybridized carbons (Fsp3) is 0.591. The van der Waals surface area contributed by atoms with Crippen LogP contribution in [0.5, 0.6) is 0 Å². The van der Waals surface area contributed by atoms with E-state index in [4.69, 9.17) is 8.92 Å². The number of aliphatic hydroxyl groups excluding tert-OH is 1. The molecular formula is C22H33NO9S. The predicted octanol–water partition coefficient (Wildman–Crippen LogP) is 1.64. The lowest BCUT2D eigenvalue weighted by molar-refractivity contribution is -0.174. The summed E-state index contributed by atoms with van der Waals surface area (Å²) in [5, 5.41) is 22.3. The largest absolute Gasteiger partial charge is 0.479 e. The topological polar surface area (TPSA) is 156 Å². The number of rotatable bonds is 13. The molecule has 33 heavy (non-hydrogen) atoms. The van der Waals surface area contributed by atoms with Gasteiger partial charge in [0.05, 0.1) is 11.7 Å². The summed E-state index contributed by atoms with van der Waals surface area (Å²) in [5.74, 6) is -3.59. The van der Waals surface area contributed by atoms with Gasteiger partial charge in [-0.2, -0.15) is 8.42 Å². The van der Waals surface area contributed by atoms with E-state index in [0.29, 0.717) is 5.56 Å². The normalized spacial score (nSPS) is 14.9. The summed E-state index contributed by atoms with van der Waals surface area (Å²) in [6.07, 6.45) is -4.88. The van der Waals surface area contributed by atoms with E-state index < -0.39 is 57.5 Å². The first-order chi connectivity index (χ1) is 15.2. The fourth-order valence-corrected chi connectivity index (χ4v) is 4.23. The van der Waals surface area contributed by atoms with E-state index in [1.165, 1.54) is 20.8 Å². The van der Waals surface area contributed by atoms with Gasteiger partial charge in [0.2, 0.25) is 5.91 Å². The van der Waals surface area contributed by atoms with Gasteiger partial charge >= 0.3 is 11.9 Å². The maximum atomic E-state index is 12.8. The van der Waals surface area contributed by atoms with E-state index in [0.717, 1.165) is 0 Å². The van der Waals surface area contributed by atoms with E-state index in [2.05, 4.69) is 5.32 Å². The van der Waals surface area contributed by atoms with Crippen LogP contribution in [0, 0.1) is 11.3 Å². The number of carboxylic acids is 1. The lowest BCUT2D eigenvalue weighted by Gasteiger charge is -2.39. The van der Waals surface area contributed by atoms with E-state index in [1.807, 2.05) is 0 Å². The Kier molecular flexibility index (Phi) is 10.5. The fourth-order valence-electron chi connectivity index (χ4n) is 2.97. The summed E-state index contributed by atoms with van der Waals surface area (Å²) < 4.78 is 36.6. The molecule has 1 amide bonds. The minimum absolute atomic E-state index is 0.0400. The number of carbonyl (C=O) groups is 3. The van der Waals surface area contributed by atoms with Crippen LogP contribution in [0.25, 0.3) is 0 Å². The standard InChI is InChI=1S/C22H33NO9S/c1-14(2)21(28)31-17(16-10-7-6-8-11-16)19(22(4,5)18(25)20(26)27)32-33(29,30)13-9-12-23-15(3)24/h6-8,10-11,14,17-19,25H,9,12-13H2,1-5H3,(H,23,24)(H,26,27)/t17?,18-,19?/m0/s1. The van der Waals surface area contributed by atoms with Crippen molar-refractivity contribution in [1.29, 1.82) is 0 Å². The molecule has 0 saturated heterocycles. The summed E-state index contributed by atoms with van der Waals surface area (Å²) in [7, 11) is -4.28. The first kappa shape index (κ1) is 28.5. The summed E-state index contributed by atoms with van der Waals surface area (Å²) in [4.78, 5) is 35.0. The smallest absolute Gasteiger partial charge is 0.333 e. The van der Waals surface area contributed by atoms with Gasteiger partial charge in [-0.3, -0.25) is 13.8 Å². The second-order valence-corrected chi connectivity index (χ2v) is 10.3. The van der Waals surface area contributed by atoms with Crippen LogP contribution in [0.3, 0.4) is 0 Å². The number of hydrogen-bond acceptors (Lipinski definition) is 8. The van der Waals surface area contributed by atoms with Gasteiger partial charge in [0, 0.05) is 18.9 Å². The summed E-state index contributed by atoms with van der Waals surface area (Å²) >= 11 is 0. The van der Waals surface area contributed by atoms with E-state index >= 15 is 0 Å². The molecule has 0 bridgehead atoms. The molecule has 3 atom stereocenters. The summed E-state index contributed by atoms with van der Waals surface area (Å²) in [6.45, 7) is 7.22. The minimum Gasteiger partial charge on any atom is -0.479 e. The lowest BCUT2D eigenvalue weighted by atomic mass is 9.77. The second-order valence-electron chi connectivity index (χ2n) is 8.60. The monoisotopic (exact) mass is 487 g/mol. The molecule has 1 aromatic carbocycles. The van der Waals surface area contributed by atoms with Gasteiger partial charge in [0.1, 0.15) is 6.10 Å². The Morgan fingerprint density at radius 1 is 1.12 bits per heavy atom. The van der Waals surface area contributed by atoms with Crippen molar-refractivity contribution in [3.63, 3.8) is 0 Å². The van der Waals surface area contributed by atoms with Gasteiger partial charge in [-0.05, 0) is 12.0 Å². The van der Waals surface area contributed by atoms with Crippen molar-refractivity contribution in [2.45, 2.75) is 59.4 Å². The summed E-state index contributed by atoms with van der Waals surface area (Å²) in [5.41, 5.74) is -1.33. The van der Waals surface area contributed by atoms with E-state index in [1.54, 1.807) is 44.2 Å². The number of benzene rings is 1. The Labute approximate surface area is 194 Å². The van der Waals surface area contributed by atoms with Crippen LogP contribution in [-0.2, 0) is 33.4 Å². The van der Waals surface area contributed by atoms with E-state index in [9.17, 15) is 33.0 Å². The third-order valence-corrected chi connectivity index (χ3v) is 6.27. The van der Waals surface area contributed by atoms with Crippen molar-refractivity contribution >= 4 is 28.0 Å². The highest BCUT2D eigenvalue weighted by atomic mass is 32.2. The molecule has 0 aliphatic heterocycles. The minimum atomic E-state index is -4.28. The van der Waals surface area contributed by atoms with Crippen LogP contribution in [0.1, 0.15) is 52.7 Å². The lowest BCUT2D eigenvalue weighted by Crippen LogP contribution is -2.50. The van der Waals surface area contributed by atoms with Crippen molar-refractivity contribution < 1.29 is 41.9 Å². The maximum Gasteiger partial charge on any atom is 0.333 e. The molecule has 1 rings (SSSR count). The van der Waals surface area contributed by atoms with E-state index in [-0.39, 0.29) is 18.9 Å². The number of hydrogen-bond donors (Lipinski definition) is 3. The van der Waals surface area contributed by atoms with Crippen LogP contribution < -0.4 is 5.32 Å². The maximum absolute atomic E-state index is 12.8. The number of carboxylic acid groups (broad SMARTS) is 1. The van der Waals surface area contributed by atoms with Crippen molar-refractivity contribution in [1.82, 2.24) is 5.32 Å². The predicted molar refractivity (Wildman–Crippen MR) is 119 cm³/mol. The highest BCUT2D eigenvalue weighted by molar-refractivity contribution is 7.86. The van der Waals surface area contributed by atoms with Crippen molar-refractivity contribution in [3.05, 3.63) is 35.9 Å². The Bertz CT molecular complexity index is 913. The molecule has 0 radical (unpaired) electrons. The number of amides is 1. The van der Waals surface area contributed by atoms with Gasteiger partial charge in [0.25, 0.3) is 10.1 Å². The van der Waals surface area contributed by atoms with Crippen LogP contribution in [0.2, 0.25) is 0 Å². The molecule has 10 nitrogen and oxygen atoms in total. The zero-order valence-corrected chi connectivity index (χ0v) is 20.3. The average molecular weight is 488 g/mol. The average Bonchev–Trinajstić information content (AvgIpc) is 2.73. The zero-order valence-electron chi connectivity index (χ0n) is 19.5. The molecule has 1 aromatic rings. The zero-order chi connectivity index (χ0) is 25.4. The molecule has 0 fully saturated rings. The van der Waals surface area contributed by atoms with Crippen molar-refractivity contribution in [3.8, 4) is 0 Å². The molecular weight excluding hydrogens is 454 g/mol. The van der Waals surface area contributed by atoms with Crippen LogP contribution in [0.15, 0.2) is 30.3 Å². The molecule has 0 aromatic heterocycles. The molecule has 186 valence electrons. The second kappa shape index (κ2) is 12.1. The van der Waals surface area contributed by atoms with Crippen LogP contribution in [-0.4, -0.2) is 61.0 Å². The molecule has 11 heteroatoms. The Morgan fingerprint density at radius 2 is 1.70 bits per heavy atom. The number of nitrogens with one attached hydrogen (secondary N) is 1. The highest BCUT2D eigenvalue weighted by Gasteiger charge is 2.49. The third kappa shape index (κ3) is 8.75. The van der Waals surface area contributed by atoms with Crippen LogP contribution in [0.4, 0.5) is 0 Å². The first-order valence-electron chi connectivity index (χ1n) is 10.5. The number of carbonyl (C=O) groups excluding carboxylic acids is 2. The van der Waals surface area contributed by atoms with Gasteiger partial charge in [-0.15, -0.1) is 0 Å². The number of esters is 1. The number of aliphatic carboxylic acids is 1. The van der Waals surface area contributed by atoms with Crippen molar-refractivity contribution in [2.24, 2.45) is 11.3 Å². The van der Waals surface area contributed by atoms with Gasteiger partial charge < -0.3 is 20.3 Å². The Balaban J connectivity index is 3.42. The number of aliphatic hydroxyl groups is 1. The molecule has 0 aliphatic rings. The van der Waals surface area contributed by atoms with Gasteiger partial charge in [0.15, 0.2) is 12.2 Å². The van der Waals surface area contributed by atoms with Crippen LogP contribution >= 0.6 is 0 Å². The quantitative estimate of drug-likeness (QED) is 0.214. The highest BCUT2D eigenvalue weighted by Crippen LogP contribution is 2.40. The molecule has 2 unspecified atom stereocenters. The van der Waals surface area contributed by atoms with Crippen molar-refractivity contribution in [2.75, 3.05) is 12.3 Å². The molecule has 0 aliphatic carbocycles. The first-order valence-corrected chi connectivity index (χ1v) is 12.1. The SMILES string of the molecule is CC(=O)NCCCS(=O)(=O)OC(C(OC(=O)C(C)C)c1ccccc1)C(C)(C)[C@@H](O)C(=O)O. The molecule has 0 heterocycles. The third-order valence-electron chi connectivity index (χ3n) is 4.98. The Morgan fingerprint density at radius 3 is 2.18 bits per heavy atom. The Hall–Kier alpha value is -2.50. The molecule has 0 spiro atoms. The van der Waals surface area contributed by atoms with Gasteiger partial charge in [-0.25, -0.2) is 4.79 Å². The molecule has 0 saturated carbocycles. The van der Waals surface area contributed by atoms with Gasteiger partial charge in [-0.1, -0.05) is 58.0 Å². The summed E-state index contributed by atoms with van der Waals surface area (Å²) in [6, 6.07) is 8.16.